The Balaban J connectivity index is 2.17. The average Bonchev–Trinajstić information content (AvgIpc) is 2.34. The summed E-state index contributed by atoms with van der Waals surface area (Å²) >= 11 is 0. The van der Waals surface area contributed by atoms with Crippen LogP contribution in [0.15, 0.2) is 24.3 Å². The number of non-ortho nitro benzene ring substituents is 1. The van der Waals surface area contributed by atoms with Gasteiger partial charge in [-0.2, -0.15) is 0 Å². The third-order valence-corrected chi connectivity index (χ3v) is 2.39. The third kappa shape index (κ3) is 5.72. The first kappa shape index (κ1) is 14.6. The lowest BCUT2D eigenvalue weighted by molar-refractivity contribution is -0.384. The topological polar surface area (TPSA) is 87.4 Å². The van der Waals surface area contributed by atoms with Crippen LogP contribution in [0.5, 0.6) is 0 Å². The van der Waals surface area contributed by atoms with E-state index in [4.69, 9.17) is 5.11 Å². The van der Waals surface area contributed by atoms with Crippen molar-refractivity contribution in [3.63, 3.8) is 0 Å². The number of nitro benzene ring substituents is 1. The summed E-state index contributed by atoms with van der Waals surface area (Å²) in [6.07, 6.45) is -0.334. The Bertz CT molecular complexity index is 365. The Morgan fingerprint density at radius 2 is 1.89 bits per heavy atom. The number of hydrogen-bond donors (Lipinski definition) is 3. The molecule has 100 valence electrons. The molecule has 0 amide bonds. The first-order valence-corrected chi connectivity index (χ1v) is 5.92. The number of nitro groups is 1. The van der Waals surface area contributed by atoms with Gasteiger partial charge in [0.2, 0.25) is 0 Å². The van der Waals surface area contributed by atoms with Gasteiger partial charge in [0, 0.05) is 38.3 Å². The summed E-state index contributed by atoms with van der Waals surface area (Å²) in [5.41, 5.74) is 1.12. The zero-order valence-corrected chi connectivity index (χ0v) is 10.4. The number of aliphatic hydroxyl groups is 1. The van der Waals surface area contributed by atoms with E-state index in [1.807, 2.05) is 0 Å². The van der Waals surface area contributed by atoms with E-state index in [1.165, 1.54) is 12.1 Å². The van der Waals surface area contributed by atoms with Crippen LogP contribution in [0.25, 0.3) is 0 Å². The highest BCUT2D eigenvalue weighted by molar-refractivity contribution is 5.32. The predicted octanol–water partition coefficient (Wildman–Crippen LogP) is 0.655. The zero-order valence-electron chi connectivity index (χ0n) is 10.4. The zero-order chi connectivity index (χ0) is 13.4. The van der Waals surface area contributed by atoms with E-state index in [1.54, 1.807) is 19.1 Å². The Labute approximate surface area is 106 Å². The molecule has 0 saturated carbocycles. The minimum absolute atomic E-state index is 0.109. The van der Waals surface area contributed by atoms with Gasteiger partial charge in [-0.3, -0.25) is 10.1 Å². The summed E-state index contributed by atoms with van der Waals surface area (Å²) in [5, 5.41) is 25.8. The minimum Gasteiger partial charge on any atom is -0.392 e. The van der Waals surface area contributed by atoms with Gasteiger partial charge in [-0.05, 0) is 12.5 Å². The van der Waals surface area contributed by atoms with Crippen LogP contribution < -0.4 is 10.6 Å². The maximum absolute atomic E-state index is 10.5. The van der Waals surface area contributed by atoms with Crippen LogP contribution in [-0.2, 0) is 6.54 Å². The molecular formula is C12H19N3O3. The molecule has 0 saturated heterocycles. The maximum atomic E-state index is 10.5. The molecule has 6 heteroatoms. The monoisotopic (exact) mass is 253 g/mol. The molecule has 0 aliphatic carbocycles. The van der Waals surface area contributed by atoms with Gasteiger partial charge in [0.25, 0.3) is 5.69 Å². The number of aliphatic hydroxyl groups excluding tert-OH is 1. The van der Waals surface area contributed by atoms with E-state index in [0.29, 0.717) is 13.1 Å². The van der Waals surface area contributed by atoms with Crippen molar-refractivity contribution in [1.82, 2.24) is 10.6 Å². The average molecular weight is 253 g/mol. The summed E-state index contributed by atoms with van der Waals surface area (Å²) in [5.74, 6) is 0. The molecule has 6 nitrogen and oxygen atoms in total. The second-order valence-corrected chi connectivity index (χ2v) is 4.15. The molecule has 0 aliphatic rings. The minimum atomic E-state index is -0.406. The molecule has 1 rings (SSSR count). The standard InChI is InChI=1S/C12H19N3O3/c1-10(16)8-13-6-7-14-9-11-2-4-12(5-3-11)15(17)18/h2-5,10,13-14,16H,6-9H2,1H3. The van der Waals surface area contributed by atoms with Crippen LogP contribution >= 0.6 is 0 Å². The van der Waals surface area contributed by atoms with Crippen LogP contribution in [0.1, 0.15) is 12.5 Å². The largest absolute Gasteiger partial charge is 0.392 e. The summed E-state index contributed by atoms with van der Waals surface area (Å²) < 4.78 is 0. The Morgan fingerprint density at radius 1 is 1.28 bits per heavy atom. The normalized spacial score (nSPS) is 12.3. The van der Waals surface area contributed by atoms with Gasteiger partial charge < -0.3 is 15.7 Å². The van der Waals surface area contributed by atoms with Crippen molar-refractivity contribution in [2.45, 2.75) is 19.6 Å². The van der Waals surface area contributed by atoms with Gasteiger partial charge >= 0.3 is 0 Å². The molecule has 0 radical (unpaired) electrons. The molecule has 0 spiro atoms. The van der Waals surface area contributed by atoms with Gasteiger partial charge in [0.05, 0.1) is 11.0 Å². The van der Waals surface area contributed by atoms with Crippen molar-refractivity contribution >= 4 is 5.69 Å². The van der Waals surface area contributed by atoms with Gasteiger partial charge in [0.15, 0.2) is 0 Å². The molecular weight excluding hydrogens is 234 g/mol. The molecule has 0 aliphatic heterocycles. The molecule has 18 heavy (non-hydrogen) atoms. The molecule has 0 aromatic heterocycles. The van der Waals surface area contributed by atoms with E-state index in [0.717, 1.165) is 18.7 Å². The van der Waals surface area contributed by atoms with Crippen LogP contribution in [0.2, 0.25) is 0 Å². The van der Waals surface area contributed by atoms with Gasteiger partial charge in [-0.15, -0.1) is 0 Å². The van der Waals surface area contributed by atoms with Crippen LogP contribution in [-0.4, -0.2) is 35.8 Å². The molecule has 1 aromatic carbocycles. The van der Waals surface area contributed by atoms with E-state index in [-0.39, 0.29) is 11.8 Å². The first-order chi connectivity index (χ1) is 8.59. The maximum Gasteiger partial charge on any atom is 0.269 e. The molecule has 1 unspecified atom stereocenters. The van der Waals surface area contributed by atoms with Crippen molar-refractivity contribution in [2.24, 2.45) is 0 Å². The van der Waals surface area contributed by atoms with Gasteiger partial charge in [-0.25, -0.2) is 0 Å². The molecule has 3 N–H and O–H groups in total. The van der Waals surface area contributed by atoms with E-state index < -0.39 is 4.92 Å². The number of nitrogens with one attached hydrogen (secondary N) is 2. The molecule has 1 aromatic rings. The predicted molar refractivity (Wildman–Crippen MR) is 69.4 cm³/mol. The lowest BCUT2D eigenvalue weighted by atomic mass is 10.2. The smallest absolute Gasteiger partial charge is 0.269 e. The molecule has 1 atom stereocenters. The van der Waals surface area contributed by atoms with Crippen molar-refractivity contribution < 1.29 is 10.0 Å². The highest BCUT2D eigenvalue weighted by atomic mass is 16.6. The van der Waals surface area contributed by atoms with Gasteiger partial charge in [0.1, 0.15) is 0 Å². The Morgan fingerprint density at radius 3 is 2.44 bits per heavy atom. The SMILES string of the molecule is CC(O)CNCCNCc1ccc([N+](=O)[O-])cc1. The first-order valence-electron chi connectivity index (χ1n) is 5.92. The summed E-state index contributed by atoms with van der Waals surface area (Å²) in [4.78, 5) is 10.1. The van der Waals surface area contributed by atoms with Crippen molar-refractivity contribution in [1.29, 1.82) is 0 Å². The van der Waals surface area contributed by atoms with Crippen molar-refractivity contribution in [3.8, 4) is 0 Å². The summed E-state index contributed by atoms with van der Waals surface area (Å²) in [6.45, 7) is 4.55. The second-order valence-electron chi connectivity index (χ2n) is 4.15. The Kier molecular flexibility index (Phi) is 6.27. The summed E-state index contributed by atoms with van der Waals surface area (Å²) in [6, 6.07) is 6.49. The second kappa shape index (κ2) is 7.75. The highest BCUT2D eigenvalue weighted by Gasteiger charge is 2.03. The molecule has 0 heterocycles. The lowest BCUT2D eigenvalue weighted by Crippen LogP contribution is -2.31. The molecule has 0 bridgehead atoms. The van der Waals surface area contributed by atoms with Crippen molar-refractivity contribution in [2.75, 3.05) is 19.6 Å². The van der Waals surface area contributed by atoms with Gasteiger partial charge in [-0.1, -0.05) is 12.1 Å². The highest BCUT2D eigenvalue weighted by Crippen LogP contribution is 2.11. The number of benzene rings is 1. The van der Waals surface area contributed by atoms with E-state index in [9.17, 15) is 10.1 Å². The number of rotatable bonds is 8. The quantitative estimate of drug-likeness (QED) is 0.360. The van der Waals surface area contributed by atoms with Crippen LogP contribution in [0.4, 0.5) is 5.69 Å². The van der Waals surface area contributed by atoms with E-state index in [2.05, 4.69) is 10.6 Å². The number of nitrogens with zero attached hydrogens (tertiary/aromatic N) is 1. The number of hydrogen-bond acceptors (Lipinski definition) is 5. The fraction of sp³-hybridized carbons (Fsp3) is 0.500. The van der Waals surface area contributed by atoms with Crippen molar-refractivity contribution in [3.05, 3.63) is 39.9 Å². The fourth-order valence-corrected chi connectivity index (χ4v) is 1.46. The Hall–Kier alpha value is -1.50. The van der Waals surface area contributed by atoms with Crippen LogP contribution in [0, 0.1) is 10.1 Å². The lowest BCUT2D eigenvalue weighted by Gasteiger charge is -2.08. The van der Waals surface area contributed by atoms with Crippen LogP contribution in [0.3, 0.4) is 0 Å². The van der Waals surface area contributed by atoms with E-state index >= 15 is 0 Å². The summed E-state index contributed by atoms with van der Waals surface area (Å²) in [7, 11) is 0. The molecule has 0 fully saturated rings. The third-order valence-electron chi connectivity index (χ3n) is 2.39. The fourth-order valence-electron chi connectivity index (χ4n) is 1.46.